The number of aromatic hydroxyl groups is 2. The summed E-state index contributed by atoms with van der Waals surface area (Å²) in [4.78, 5) is 0. The molecule has 4 aromatic rings. The molecular formula is C29H27Cl2O2Ti-. The first-order valence-corrected chi connectivity index (χ1v) is 15.0. The van der Waals surface area contributed by atoms with Gasteiger partial charge in [0.1, 0.15) is 11.5 Å². The van der Waals surface area contributed by atoms with E-state index in [1.807, 2.05) is 12.1 Å². The predicted octanol–water partition coefficient (Wildman–Crippen LogP) is 8.79. The van der Waals surface area contributed by atoms with Crippen molar-refractivity contribution < 1.29 is 27.2 Å². The molecule has 5 rings (SSSR count). The van der Waals surface area contributed by atoms with Crippen molar-refractivity contribution >= 4 is 29.4 Å². The molecule has 1 aliphatic carbocycles. The molecule has 0 spiro atoms. The third-order valence-electron chi connectivity index (χ3n) is 5.16. The van der Waals surface area contributed by atoms with Gasteiger partial charge >= 0.3 is 35.6 Å². The first-order chi connectivity index (χ1) is 16.5. The van der Waals surface area contributed by atoms with Crippen LogP contribution in [-0.2, 0) is 17.0 Å². The number of phenols is 2. The van der Waals surface area contributed by atoms with E-state index in [0.29, 0.717) is 17.4 Å². The molecule has 0 fully saturated rings. The third-order valence-corrected chi connectivity index (χ3v) is 5.16. The maximum absolute atomic E-state index is 8.63. The molecule has 1 aliphatic rings. The fourth-order valence-electron chi connectivity index (χ4n) is 3.27. The van der Waals surface area contributed by atoms with E-state index in [2.05, 4.69) is 68.5 Å². The number of hydrogen-bond donors (Lipinski definition) is 2. The van der Waals surface area contributed by atoms with Gasteiger partial charge in [0.25, 0.3) is 0 Å². The number of phenolic OH excluding ortho intramolecular Hbond substituents is 2. The van der Waals surface area contributed by atoms with Crippen LogP contribution in [0.3, 0.4) is 0 Å². The summed E-state index contributed by atoms with van der Waals surface area (Å²) < 4.78 is 0. The second kappa shape index (κ2) is 15.4. The van der Waals surface area contributed by atoms with Crippen molar-refractivity contribution in [2.75, 3.05) is 0 Å². The first kappa shape index (κ1) is 27.8. The number of benzene rings is 4. The van der Waals surface area contributed by atoms with Gasteiger partial charge in [-0.05, 0) is 38.1 Å². The van der Waals surface area contributed by atoms with Crippen molar-refractivity contribution in [3.8, 4) is 11.5 Å². The van der Waals surface area contributed by atoms with Crippen molar-refractivity contribution in [3.05, 3.63) is 132 Å². The number of fused-ring (bicyclic) bond motifs is 1. The van der Waals surface area contributed by atoms with Gasteiger partial charge in [0, 0.05) is 5.92 Å². The molecule has 34 heavy (non-hydrogen) atoms. The Morgan fingerprint density at radius 2 is 1.21 bits per heavy atom. The molecule has 5 heteroatoms. The van der Waals surface area contributed by atoms with Gasteiger partial charge < -0.3 is 10.2 Å². The number of rotatable bonds is 1. The molecule has 0 saturated carbocycles. The Morgan fingerprint density at radius 1 is 0.706 bits per heavy atom. The average Bonchev–Trinajstić information content (AvgIpc) is 3.19. The minimum atomic E-state index is -0.556. The van der Waals surface area contributed by atoms with Crippen LogP contribution in [0.5, 0.6) is 11.5 Å². The summed E-state index contributed by atoms with van der Waals surface area (Å²) in [6.07, 6.45) is 4.48. The van der Waals surface area contributed by atoms with Crippen LogP contribution in [0.1, 0.15) is 25.3 Å². The van der Waals surface area contributed by atoms with Crippen molar-refractivity contribution in [1.82, 2.24) is 0 Å². The summed E-state index contributed by atoms with van der Waals surface area (Å²) in [6, 6.07) is 33.7. The van der Waals surface area contributed by atoms with E-state index in [-0.39, 0.29) is 0 Å². The van der Waals surface area contributed by atoms with Gasteiger partial charge in [-0.2, -0.15) is 0 Å². The minimum absolute atomic E-state index is 0.322. The van der Waals surface area contributed by atoms with Gasteiger partial charge in [0.05, 0.1) is 0 Å². The Labute approximate surface area is 218 Å². The summed E-state index contributed by atoms with van der Waals surface area (Å²) in [5.41, 5.74) is 4.10. The molecule has 4 aromatic carbocycles. The fraction of sp³-hybridized carbons (Fsp3) is 0.103. The number of hydrogen-bond acceptors (Lipinski definition) is 2. The van der Waals surface area contributed by atoms with Crippen LogP contribution in [0.4, 0.5) is 0 Å². The zero-order valence-electron chi connectivity index (χ0n) is 19.1. The first-order valence-electron chi connectivity index (χ1n) is 10.7. The van der Waals surface area contributed by atoms with Gasteiger partial charge in [-0.3, -0.25) is 0 Å². The molecule has 0 amide bonds. The van der Waals surface area contributed by atoms with E-state index in [0.717, 1.165) is 0 Å². The SMILES string of the molecule is CC1=C(C)C(c2[c-]c3ccccc3cc2)C=C1.Oc1ccccc1.Oc1ccccc1.[Cl][Ti][Cl]. The maximum atomic E-state index is 8.63. The molecule has 174 valence electrons. The molecule has 2 nitrogen and oxygen atoms in total. The summed E-state index contributed by atoms with van der Waals surface area (Å²) >= 11 is -0.556. The average molecular weight is 526 g/mol. The summed E-state index contributed by atoms with van der Waals surface area (Å²) in [7, 11) is 9.78. The molecule has 0 radical (unpaired) electrons. The predicted molar refractivity (Wildman–Crippen MR) is 141 cm³/mol. The molecule has 0 aliphatic heterocycles. The van der Waals surface area contributed by atoms with Gasteiger partial charge in [0.2, 0.25) is 0 Å². The number of halogens is 2. The van der Waals surface area contributed by atoms with E-state index >= 15 is 0 Å². The summed E-state index contributed by atoms with van der Waals surface area (Å²) in [6.45, 7) is 4.38. The molecule has 0 aromatic heterocycles. The van der Waals surface area contributed by atoms with Crippen LogP contribution < -0.4 is 0 Å². The van der Waals surface area contributed by atoms with Crippen LogP contribution in [0.25, 0.3) is 10.8 Å². The molecule has 0 saturated heterocycles. The van der Waals surface area contributed by atoms with Crippen LogP contribution in [0.15, 0.2) is 120 Å². The molecule has 0 bridgehead atoms. The van der Waals surface area contributed by atoms with E-state index in [4.69, 9.17) is 28.8 Å². The monoisotopic (exact) mass is 525 g/mol. The molecule has 1 unspecified atom stereocenters. The van der Waals surface area contributed by atoms with Gasteiger partial charge in [-0.15, -0.1) is 46.7 Å². The molecule has 0 heterocycles. The van der Waals surface area contributed by atoms with Gasteiger partial charge in [-0.25, -0.2) is 0 Å². The Hall–Kier alpha value is -2.49. The molecular weight excluding hydrogens is 499 g/mol. The summed E-state index contributed by atoms with van der Waals surface area (Å²) in [5, 5.41) is 19.7. The zero-order chi connectivity index (χ0) is 24.8. The Balaban J connectivity index is 0.000000198. The van der Waals surface area contributed by atoms with E-state index in [9.17, 15) is 0 Å². The van der Waals surface area contributed by atoms with Gasteiger partial charge in [-0.1, -0.05) is 71.8 Å². The fourth-order valence-corrected chi connectivity index (χ4v) is 3.27. The number of para-hydroxylation sites is 2. The van der Waals surface area contributed by atoms with Crippen molar-refractivity contribution in [3.63, 3.8) is 0 Å². The topological polar surface area (TPSA) is 40.5 Å². The van der Waals surface area contributed by atoms with Crippen molar-refractivity contribution in [1.29, 1.82) is 0 Å². The van der Waals surface area contributed by atoms with Gasteiger partial charge in [0.15, 0.2) is 0 Å². The van der Waals surface area contributed by atoms with Crippen LogP contribution in [0, 0.1) is 6.07 Å². The third kappa shape index (κ3) is 9.40. The van der Waals surface area contributed by atoms with Crippen LogP contribution in [-0.4, -0.2) is 10.2 Å². The Morgan fingerprint density at radius 3 is 1.65 bits per heavy atom. The van der Waals surface area contributed by atoms with E-state index < -0.39 is 17.0 Å². The van der Waals surface area contributed by atoms with E-state index in [1.165, 1.54) is 27.5 Å². The Kier molecular flexibility index (Phi) is 12.6. The molecule has 1 atom stereocenters. The van der Waals surface area contributed by atoms with Crippen molar-refractivity contribution in [2.45, 2.75) is 19.8 Å². The molecule has 2 N–H and O–H groups in total. The van der Waals surface area contributed by atoms with Crippen molar-refractivity contribution in [2.24, 2.45) is 0 Å². The van der Waals surface area contributed by atoms with Crippen LogP contribution >= 0.6 is 18.6 Å². The number of allylic oxidation sites excluding steroid dienone is 4. The Bertz CT molecular complexity index is 1150. The van der Waals surface area contributed by atoms with Crippen LogP contribution in [0.2, 0.25) is 0 Å². The summed E-state index contributed by atoms with van der Waals surface area (Å²) in [5.74, 6) is 1.06. The second-order valence-corrected chi connectivity index (χ2v) is 10.0. The standard InChI is InChI=1S/C17H15.2C6H6O.2ClH.Ti/c1-12-7-10-17(13(12)2)16-9-8-14-5-3-4-6-15(14)11-16;2*7-6-4-2-1-3-5-6;;;/h3-10,17H,1-2H3;2*1-5,7H;2*1H;/q-1;;;;;+2/p-2. The normalized spacial score (nSPS) is 13.6. The second-order valence-electron chi connectivity index (χ2n) is 7.45. The zero-order valence-corrected chi connectivity index (χ0v) is 22.2. The van der Waals surface area contributed by atoms with E-state index in [1.54, 1.807) is 48.5 Å². The quantitative estimate of drug-likeness (QED) is 0.192.